The molecule has 0 fully saturated rings. The van der Waals surface area contributed by atoms with E-state index < -0.39 is 0 Å². The summed E-state index contributed by atoms with van der Waals surface area (Å²) < 4.78 is 0. The van der Waals surface area contributed by atoms with E-state index in [1.54, 1.807) is 0 Å². The molecule has 120 valence electrons. The van der Waals surface area contributed by atoms with Gasteiger partial charge in [-0.25, -0.2) is 0 Å². The van der Waals surface area contributed by atoms with Crippen molar-refractivity contribution in [3.05, 3.63) is 77.9 Å². The van der Waals surface area contributed by atoms with Crippen molar-refractivity contribution in [3.8, 4) is 0 Å². The van der Waals surface area contributed by atoms with E-state index in [1.807, 2.05) is 48.5 Å². The number of benzene rings is 2. The number of hydrogen-bond acceptors (Lipinski definition) is 2. The second-order valence-corrected chi connectivity index (χ2v) is 5.40. The average molecular weight is 308 g/mol. The minimum absolute atomic E-state index is 0.0128. The van der Waals surface area contributed by atoms with Crippen LogP contribution in [0.1, 0.15) is 37.3 Å². The highest BCUT2D eigenvalue weighted by Gasteiger charge is 2.04. The van der Waals surface area contributed by atoms with Gasteiger partial charge in [-0.05, 0) is 30.4 Å². The van der Waals surface area contributed by atoms with E-state index in [0.717, 1.165) is 30.5 Å². The Balaban J connectivity index is 1.77. The van der Waals surface area contributed by atoms with Crippen molar-refractivity contribution in [3.63, 3.8) is 0 Å². The van der Waals surface area contributed by atoms with Crippen LogP contribution in [0.25, 0.3) is 5.70 Å². The largest absolute Gasteiger partial charge is 0.298 e. The van der Waals surface area contributed by atoms with Gasteiger partial charge >= 0.3 is 0 Å². The molecule has 0 aliphatic carbocycles. The Morgan fingerprint density at radius 1 is 0.957 bits per heavy atom. The maximum Gasteiger partial charge on any atom is 0.238 e. The molecule has 2 rings (SSSR count). The van der Waals surface area contributed by atoms with Gasteiger partial charge in [-0.3, -0.25) is 15.6 Å². The van der Waals surface area contributed by atoms with E-state index in [0.29, 0.717) is 6.42 Å². The number of nitrogens with one attached hydrogen (secondary N) is 2. The second-order valence-electron chi connectivity index (χ2n) is 5.40. The quantitative estimate of drug-likeness (QED) is 0.721. The summed E-state index contributed by atoms with van der Waals surface area (Å²) >= 11 is 0. The van der Waals surface area contributed by atoms with Crippen LogP contribution < -0.4 is 10.9 Å². The van der Waals surface area contributed by atoms with Crippen LogP contribution in [0.4, 0.5) is 0 Å². The monoisotopic (exact) mass is 308 g/mol. The standard InChI is InChI=1S/C20H24N2O/c1-2-10-19(18-14-7-4-8-15-18)21-22-20(23)16-9-13-17-11-5-3-6-12-17/h3-8,10-12,14-15,21H,2,9,13,16H2,1H3,(H,22,23). The third-order valence-corrected chi connectivity index (χ3v) is 3.54. The van der Waals surface area contributed by atoms with Crippen LogP contribution in [0.3, 0.4) is 0 Å². The normalized spacial score (nSPS) is 11.1. The van der Waals surface area contributed by atoms with E-state index in [4.69, 9.17) is 0 Å². The lowest BCUT2D eigenvalue weighted by molar-refractivity contribution is -0.121. The molecule has 2 aromatic rings. The predicted molar refractivity (Wildman–Crippen MR) is 95.4 cm³/mol. The molecule has 0 aromatic heterocycles. The summed E-state index contributed by atoms with van der Waals surface area (Å²) in [6.07, 6.45) is 5.25. The molecule has 0 bridgehead atoms. The fourth-order valence-electron chi connectivity index (χ4n) is 2.36. The number of carbonyl (C=O) groups is 1. The summed E-state index contributed by atoms with van der Waals surface area (Å²) in [7, 11) is 0. The number of allylic oxidation sites excluding steroid dienone is 1. The molecule has 23 heavy (non-hydrogen) atoms. The second kappa shape index (κ2) is 9.46. The lowest BCUT2D eigenvalue weighted by Crippen LogP contribution is -2.36. The first-order chi connectivity index (χ1) is 11.3. The Bertz CT molecular complexity index is 621. The molecule has 3 nitrogen and oxygen atoms in total. The number of amides is 1. The van der Waals surface area contributed by atoms with Crippen molar-refractivity contribution in [1.29, 1.82) is 0 Å². The molecule has 0 saturated carbocycles. The van der Waals surface area contributed by atoms with Crippen LogP contribution >= 0.6 is 0 Å². The van der Waals surface area contributed by atoms with Gasteiger partial charge in [0.15, 0.2) is 0 Å². The van der Waals surface area contributed by atoms with Crippen molar-refractivity contribution in [2.75, 3.05) is 0 Å². The van der Waals surface area contributed by atoms with Crippen molar-refractivity contribution in [2.24, 2.45) is 0 Å². The van der Waals surface area contributed by atoms with E-state index in [9.17, 15) is 4.79 Å². The van der Waals surface area contributed by atoms with Crippen molar-refractivity contribution in [2.45, 2.75) is 32.6 Å². The highest BCUT2D eigenvalue weighted by molar-refractivity contribution is 5.77. The van der Waals surface area contributed by atoms with Gasteiger partial charge in [0.1, 0.15) is 0 Å². The Kier molecular flexibility index (Phi) is 6.92. The molecule has 1 amide bonds. The minimum Gasteiger partial charge on any atom is -0.298 e. The molecular weight excluding hydrogens is 284 g/mol. The van der Waals surface area contributed by atoms with Gasteiger partial charge in [-0.1, -0.05) is 73.7 Å². The third kappa shape index (κ3) is 5.99. The third-order valence-electron chi connectivity index (χ3n) is 3.54. The molecule has 0 atom stereocenters. The molecule has 0 aliphatic rings. The number of hydrazine groups is 1. The molecule has 0 aliphatic heterocycles. The smallest absolute Gasteiger partial charge is 0.238 e. The van der Waals surface area contributed by atoms with Gasteiger partial charge in [-0.15, -0.1) is 0 Å². The summed E-state index contributed by atoms with van der Waals surface area (Å²) in [5, 5.41) is 0. The van der Waals surface area contributed by atoms with Crippen molar-refractivity contribution >= 4 is 11.6 Å². The molecule has 0 spiro atoms. The zero-order chi connectivity index (χ0) is 16.3. The maximum absolute atomic E-state index is 12.0. The fourth-order valence-corrected chi connectivity index (χ4v) is 2.36. The summed E-state index contributed by atoms with van der Waals surface area (Å²) in [4.78, 5) is 12.0. The predicted octanol–water partition coefficient (Wildman–Crippen LogP) is 4.08. The van der Waals surface area contributed by atoms with Crippen LogP contribution in [0, 0.1) is 0 Å². The average Bonchev–Trinajstić information content (AvgIpc) is 2.60. The van der Waals surface area contributed by atoms with E-state index in [-0.39, 0.29) is 5.91 Å². The molecule has 0 heterocycles. The van der Waals surface area contributed by atoms with E-state index >= 15 is 0 Å². The van der Waals surface area contributed by atoms with Gasteiger partial charge in [0.05, 0.1) is 5.70 Å². The number of rotatable bonds is 8. The molecule has 3 heteroatoms. The summed E-state index contributed by atoms with van der Waals surface area (Å²) in [6.45, 7) is 2.08. The summed E-state index contributed by atoms with van der Waals surface area (Å²) in [5.41, 5.74) is 9.11. The molecule has 0 saturated heterocycles. The van der Waals surface area contributed by atoms with E-state index in [2.05, 4.69) is 36.0 Å². The van der Waals surface area contributed by atoms with Gasteiger partial charge in [0.2, 0.25) is 5.91 Å². The molecule has 2 aromatic carbocycles. The molecule has 2 N–H and O–H groups in total. The first-order valence-corrected chi connectivity index (χ1v) is 8.14. The van der Waals surface area contributed by atoms with Gasteiger partial charge in [-0.2, -0.15) is 0 Å². The zero-order valence-corrected chi connectivity index (χ0v) is 13.6. The lowest BCUT2D eigenvalue weighted by atomic mass is 10.1. The first-order valence-electron chi connectivity index (χ1n) is 8.14. The Morgan fingerprint density at radius 3 is 2.26 bits per heavy atom. The summed E-state index contributed by atoms with van der Waals surface area (Å²) in [5.74, 6) is 0.0128. The lowest BCUT2D eigenvalue weighted by Gasteiger charge is -2.12. The van der Waals surface area contributed by atoms with Crippen molar-refractivity contribution < 1.29 is 4.79 Å². The van der Waals surface area contributed by atoms with Gasteiger partial charge in [0.25, 0.3) is 0 Å². The number of hydrogen-bond donors (Lipinski definition) is 2. The van der Waals surface area contributed by atoms with Crippen LogP contribution in [0.2, 0.25) is 0 Å². The molecule has 0 unspecified atom stereocenters. The number of carbonyl (C=O) groups excluding carboxylic acids is 1. The Labute approximate surface area is 138 Å². The fraction of sp³-hybridized carbons (Fsp3) is 0.250. The van der Waals surface area contributed by atoms with Crippen LogP contribution in [0.5, 0.6) is 0 Å². The van der Waals surface area contributed by atoms with Crippen LogP contribution in [-0.4, -0.2) is 5.91 Å². The molecular formula is C20H24N2O. The first kappa shape index (κ1) is 16.8. The topological polar surface area (TPSA) is 41.1 Å². The van der Waals surface area contributed by atoms with E-state index in [1.165, 1.54) is 5.56 Å². The zero-order valence-electron chi connectivity index (χ0n) is 13.6. The Morgan fingerprint density at radius 2 is 1.61 bits per heavy atom. The highest BCUT2D eigenvalue weighted by atomic mass is 16.2. The highest BCUT2D eigenvalue weighted by Crippen LogP contribution is 2.11. The van der Waals surface area contributed by atoms with Gasteiger partial charge < -0.3 is 0 Å². The van der Waals surface area contributed by atoms with Crippen LogP contribution in [0.15, 0.2) is 66.7 Å². The maximum atomic E-state index is 12.0. The number of aryl methyl sites for hydroxylation is 1. The SMILES string of the molecule is CCC=C(NNC(=O)CCCc1ccccc1)c1ccccc1. The van der Waals surface area contributed by atoms with Crippen molar-refractivity contribution in [1.82, 2.24) is 10.9 Å². The molecule has 0 radical (unpaired) electrons. The van der Waals surface area contributed by atoms with Gasteiger partial charge in [0, 0.05) is 6.42 Å². The summed E-state index contributed by atoms with van der Waals surface area (Å²) in [6, 6.07) is 20.2. The Hall–Kier alpha value is -2.55. The minimum atomic E-state index is 0.0128. The van der Waals surface area contributed by atoms with Crippen LogP contribution in [-0.2, 0) is 11.2 Å².